The van der Waals surface area contributed by atoms with Gasteiger partial charge in [-0.3, -0.25) is 0 Å². The van der Waals surface area contributed by atoms with Gasteiger partial charge in [0.15, 0.2) is 0 Å². The summed E-state index contributed by atoms with van der Waals surface area (Å²) < 4.78 is 1.24. The van der Waals surface area contributed by atoms with Crippen LogP contribution >= 0.6 is 11.3 Å². The Morgan fingerprint density at radius 2 is 2.36 bits per heavy atom. The molecule has 0 radical (unpaired) electrons. The highest BCUT2D eigenvalue weighted by molar-refractivity contribution is 7.17. The Kier molecular flexibility index (Phi) is 1.52. The number of benzene rings is 1. The zero-order valence-electron chi connectivity index (χ0n) is 7.66. The first kappa shape index (κ1) is 7.82. The number of hydrogen-bond acceptors (Lipinski definition) is 3. The third-order valence-corrected chi connectivity index (χ3v) is 3.23. The van der Waals surface area contributed by atoms with Gasteiger partial charge in [-0.15, -0.1) is 11.3 Å². The van der Waals surface area contributed by atoms with E-state index in [9.17, 15) is 0 Å². The van der Waals surface area contributed by atoms with Crippen LogP contribution in [-0.4, -0.2) is 17.0 Å². The number of nitrogens with zero attached hydrogens (tertiary/aromatic N) is 1. The van der Waals surface area contributed by atoms with E-state index in [1.54, 1.807) is 11.3 Å². The summed E-state index contributed by atoms with van der Waals surface area (Å²) >= 11 is 1.67. The maximum atomic E-state index is 4.25. The number of nitrogens with one attached hydrogen (secondary N) is 2. The van der Waals surface area contributed by atoms with Crippen molar-refractivity contribution in [1.29, 1.82) is 0 Å². The summed E-state index contributed by atoms with van der Waals surface area (Å²) in [6.45, 7) is 0. The monoisotopic (exact) mass is 203 g/mol. The lowest BCUT2D eigenvalue weighted by Gasteiger charge is -1.98. The van der Waals surface area contributed by atoms with Crippen LogP contribution in [0.1, 0.15) is 0 Å². The molecule has 0 amide bonds. The molecule has 0 fully saturated rings. The van der Waals surface area contributed by atoms with Crippen LogP contribution in [0.3, 0.4) is 0 Å². The molecule has 70 valence electrons. The fourth-order valence-electron chi connectivity index (χ4n) is 1.66. The summed E-state index contributed by atoms with van der Waals surface area (Å²) in [6.07, 6.45) is 0. The molecule has 0 saturated carbocycles. The molecule has 0 aliphatic carbocycles. The average molecular weight is 203 g/mol. The zero-order valence-corrected chi connectivity index (χ0v) is 8.48. The van der Waals surface area contributed by atoms with Gasteiger partial charge >= 0.3 is 0 Å². The SMILES string of the molecule is CNc1ccc2c(c1)[nH]c1ncsc12. The number of fused-ring (bicyclic) bond motifs is 3. The predicted octanol–water partition coefficient (Wildman–Crippen LogP) is 2.82. The summed E-state index contributed by atoms with van der Waals surface area (Å²) in [4.78, 5) is 7.55. The molecule has 4 heteroatoms. The maximum Gasteiger partial charge on any atom is 0.149 e. The van der Waals surface area contributed by atoms with Gasteiger partial charge in [0.2, 0.25) is 0 Å². The number of aromatic amines is 1. The fraction of sp³-hybridized carbons (Fsp3) is 0.100. The Labute approximate surface area is 84.8 Å². The molecule has 2 heterocycles. The van der Waals surface area contributed by atoms with E-state index in [-0.39, 0.29) is 0 Å². The molecule has 0 atom stereocenters. The van der Waals surface area contributed by atoms with Crippen molar-refractivity contribution in [2.45, 2.75) is 0 Å². The molecule has 2 aromatic heterocycles. The first-order valence-corrected chi connectivity index (χ1v) is 5.29. The van der Waals surface area contributed by atoms with E-state index in [1.165, 1.54) is 10.1 Å². The molecule has 3 nitrogen and oxygen atoms in total. The number of aromatic nitrogens is 2. The number of thiazole rings is 1. The highest BCUT2D eigenvalue weighted by Gasteiger charge is 2.05. The third kappa shape index (κ3) is 0.943. The van der Waals surface area contributed by atoms with E-state index >= 15 is 0 Å². The first-order chi connectivity index (χ1) is 6.88. The summed E-state index contributed by atoms with van der Waals surface area (Å²) in [5, 5.41) is 4.37. The van der Waals surface area contributed by atoms with Crippen molar-refractivity contribution in [3.63, 3.8) is 0 Å². The summed E-state index contributed by atoms with van der Waals surface area (Å²) in [5.41, 5.74) is 5.11. The zero-order chi connectivity index (χ0) is 9.54. The third-order valence-electron chi connectivity index (χ3n) is 2.37. The molecule has 1 aromatic carbocycles. The van der Waals surface area contributed by atoms with E-state index in [2.05, 4.69) is 33.5 Å². The van der Waals surface area contributed by atoms with Crippen molar-refractivity contribution in [1.82, 2.24) is 9.97 Å². The van der Waals surface area contributed by atoms with Crippen molar-refractivity contribution in [3.8, 4) is 0 Å². The topological polar surface area (TPSA) is 40.7 Å². The van der Waals surface area contributed by atoms with Gasteiger partial charge in [-0.05, 0) is 18.2 Å². The van der Waals surface area contributed by atoms with Crippen LogP contribution in [0.15, 0.2) is 23.7 Å². The van der Waals surface area contributed by atoms with Gasteiger partial charge in [0.05, 0.1) is 15.7 Å². The van der Waals surface area contributed by atoms with Gasteiger partial charge in [-0.25, -0.2) is 4.98 Å². The highest BCUT2D eigenvalue weighted by Crippen LogP contribution is 2.29. The average Bonchev–Trinajstić information content (AvgIpc) is 2.75. The van der Waals surface area contributed by atoms with Crippen molar-refractivity contribution in [3.05, 3.63) is 23.7 Å². The molecule has 0 saturated heterocycles. The summed E-state index contributed by atoms with van der Waals surface area (Å²) in [7, 11) is 1.92. The van der Waals surface area contributed by atoms with Crippen LogP contribution in [-0.2, 0) is 0 Å². The largest absolute Gasteiger partial charge is 0.388 e. The van der Waals surface area contributed by atoms with Crippen LogP contribution in [0.2, 0.25) is 0 Å². The van der Waals surface area contributed by atoms with Crippen LogP contribution < -0.4 is 5.32 Å². The minimum Gasteiger partial charge on any atom is -0.388 e. The second-order valence-corrected chi connectivity index (χ2v) is 4.02. The molecule has 3 rings (SSSR count). The Bertz CT molecular complexity index is 593. The minimum absolute atomic E-state index is 0.984. The molecular weight excluding hydrogens is 194 g/mol. The lowest BCUT2D eigenvalue weighted by molar-refractivity contribution is 1.39. The number of anilines is 1. The maximum absolute atomic E-state index is 4.25. The predicted molar refractivity (Wildman–Crippen MR) is 61.0 cm³/mol. The molecule has 0 bridgehead atoms. The van der Waals surface area contributed by atoms with Gasteiger partial charge in [0, 0.05) is 18.1 Å². The number of rotatable bonds is 1. The van der Waals surface area contributed by atoms with E-state index in [4.69, 9.17) is 0 Å². The Balaban J connectivity index is 2.43. The molecule has 14 heavy (non-hydrogen) atoms. The molecule has 2 N–H and O–H groups in total. The van der Waals surface area contributed by atoms with Crippen LogP contribution in [0.4, 0.5) is 5.69 Å². The Morgan fingerprint density at radius 3 is 3.21 bits per heavy atom. The second-order valence-electron chi connectivity index (χ2n) is 3.17. The van der Waals surface area contributed by atoms with Crippen LogP contribution in [0.25, 0.3) is 21.3 Å². The van der Waals surface area contributed by atoms with E-state index in [0.29, 0.717) is 0 Å². The van der Waals surface area contributed by atoms with E-state index in [1.807, 2.05) is 12.6 Å². The van der Waals surface area contributed by atoms with Gasteiger partial charge in [-0.1, -0.05) is 0 Å². The fourth-order valence-corrected chi connectivity index (χ4v) is 2.44. The molecule has 0 aliphatic heterocycles. The lowest BCUT2D eigenvalue weighted by atomic mass is 10.2. The molecular formula is C10H9N3S. The number of hydrogen-bond donors (Lipinski definition) is 2. The van der Waals surface area contributed by atoms with E-state index < -0.39 is 0 Å². The lowest BCUT2D eigenvalue weighted by Crippen LogP contribution is -1.86. The van der Waals surface area contributed by atoms with Crippen molar-refractivity contribution >= 4 is 38.3 Å². The normalized spacial score (nSPS) is 11.2. The van der Waals surface area contributed by atoms with Crippen LogP contribution in [0, 0.1) is 0 Å². The molecule has 0 aliphatic rings. The second kappa shape index (κ2) is 2.72. The van der Waals surface area contributed by atoms with Gasteiger partial charge < -0.3 is 10.3 Å². The quantitative estimate of drug-likeness (QED) is 0.638. The molecule has 3 aromatic rings. The summed E-state index contributed by atoms with van der Waals surface area (Å²) in [5.74, 6) is 0. The summed E-state index contributed by atoms with van der Waals surface area (Å²) in [6, 6.07) is 6.30. The van der Waals surface area contributed by atoms with Crippen molar-refractivity contribution in [2.75, 3.05) is 12.4 Å². The Morgan fingerprint density at radius 1 is 1.43 bits per heavy atom. The highest BCUT2D eigenvalue weighted by atomic mass is 32.1. The minimum atomic E-state index is 0.984. The van der Waals surface area contributed by atoms with Gasteiger partial charge in [-0.2, -0.15) is 0 Å². The van der Waals surface area contributed by atoms with Gasteiger partial charge in [0.1, 0.15) is 5.65 Å². The molecule has 0 unspecified atom stereocenters. The van der Waals surface area contributed by atoms with Crippen molar-refractivity contribution < 1.29 is 0 Å². The number of H-pyrrole nitrogens is 1. The van der Waals surface area contributed by atoms with Gasteiger partial charge in [0.25, 0.3) is 0 Å². The van der Waals surface area contributed by atoms with Crippen molar-refractivity contribution in [2.24, 2.45) is 0 Å². The van der Waals surface area contributed by atoms with E-state index in [0.717, 1.165) is 16.9 Å². The smallest absolute Gasteiger partial charge is 0.149 e. The standard InChI is InChI=1S/C10H9N3S/c1-11-6-2-3-7-8(4-6)13-10-9(7)14-5-12-10/h2-5,11,13H,1H3. The Hall–Kier alpha value is -1.55. The molecule has 0 spiro atoms. The van der Waals surface area contributed by atoms with Crippen LogP contribution in [0.5, 0.6) is 0 Å². The first-order valence-electron chi connectivity index (χ1n) is 4.41.